The topological polar surface area (TPSA) is 32.3 Å². The number of carbonyl (C=O) groups is 1. The summed E-state index contributed by atoms with van der Waals surface area (Å²) in [6, 6.07) is 11.2. The normalized spacial score (nSPS) is 29.3. The number of carbonyl (C=O) groups excluding carboxylic acids is 1. The minimum atomic E-state index is 0.349. The van der Waals surface area contributed by atoms with E-state index in [0.29, 0.717) is 23.8 Å². The summed E-state index contributed by atoms with van der Waals surface area (Å²) in [6.07, 6.45) is 5.63. The zero-order valence-electron chi connectivity index (χ0n) is 13.6. The molecule has 1 atom stereocenters. The molecule has 22 heavy (non-hydrogen) atoms. The van der Waals surface area contributed by atoms with Crippen molar-refractivity contribution in [3.8, 4) is 0 Å². The van der Waals surface area contributed by atoms with Crippen LogP contribution in [-0.2, 0) is 4.79 Å². The zero-order valence-corrected chi connectivity index (χ0v) is 13.6. The minimum absolute atomic E-state index is 0.349. The van der Waals surface area contributed by atoms with Gasteiger partial charge in [-0.1, -0.05) is 30.3 Å². The second kappa shape index (κ2) is 7.28. The van der Waals surface area contributed by atoms with E-state index in [4.69, 9.17) is 0 Å². The van der Waals surface area contributed by atoms with Gasteiger partial charge < -0.3 is 10.2 Å². The smallest absolute Gasteiger partial charge is 0.223 e. The molecule has 3 heteroatoms. The van der Waals surface area contributed by atoms with E-state index in [1.54, 1.807) is 0 Å². The number of hydrogen-bond acceptors (Lipinski definition) is 2. The predicted octanol–water partition coefficient (Wildman–Crippen LogP) is 3.17. The predicted molar refractivity (Wildman–Crippen MR) is 89.8 cm³/mol. The number of piperazine rings is 1. The first-order valence-electron chi connectivity index (χ1n) is 8.79. The Labute approximate surface area is 134 Å². The van der Waals surface area contributed by atoms with Gasteiger partial charge in [-0.25, -0.2) is 0 Å². The van der Waals surface area contributed by atoms with Crippen LogP contribution in [0.3, 0.4) is 0 Å². The summed E-state index contributed by atoms with van der Waals surface area (Å²) < 4.78 is 0. The highest BCUT2D eigenvalue weighted by molar-refractivity contribution is 5.77. The lowest BCUT2D eigenvalue weighted by Crippen LogP contribution is -2.52. The maximum atomic E-state index is 12.5. The van der Waals surface area contributed by atoms with Gasteiger partial charge >= 0.3 is 0 Å². The fraction of sp³-hybridized carbons (Fsp3) is 0.632. The molecule has 0 bridgehead atoms. The van der Waals surface area contributed by atoms with E-state index >= 15 is 0 Å². The lowest BCUT2D eigenvalue weighted by molar-refractivity contribution is -0.135. The van der Waals surface area contributed by atoms with E-state index < -0.39 is 0 Å². The molecule has 1 aliphatic heterocycles. The number of nitrogens with zero attached hydrogens (tertiary/aromatic N) is 1. The Balaban J connectivity index is 1.48. The minimum Gasteiger partial charge on any atom is -0.337 e. The molecule has 3 rings (SSSR count). The van der Waals surface area contributed by atoms with Crippen LogP contribution >= 0.6 is 0 Å². The van der Waals surface area contributed by atoms with Crippen LogP contribution in [0.5, 0.6) is 0 Å². The van der Waals surface area contributed by atoms with Gasteiger partial charge in [-0.2, -0.15) is 0 Å². The summed E-state index contributed by atoms with van der Waals surface area (Å²) in [5.74, 6) is 1.66. The van der Waals surface area contributed by atoms with Gasteiger partial charge in [0, 0.05) is 32.1 Å². The van der Waals surface area contributed by atoms with E-state index in [-0.39, 0.29) is 0 Å². The van der Waals surface area contributed by atoms with Gasteiger partial charge in [0.25, 0.3) is 0 Å². The molecule has 3 nitrogen and oxygen atoms in total. The Hall–Kier alpha value is -1.35. The molecule has 1 aromatic carbocycles. The van der Waals surface area contributed by atoms with Crippen molar-refractivity contribution in [3.63, 3.8) is 0 Å². The van der Waals surface area contributed by atoms with Crippen molar-refractivity contribution < 1.29 is 4.79 Å². The van der Waals surface area contributed by atoms with Crippen LogP contribution in [0.2, 0.25) is 0 Å². The van der Waals surface area contributed by atoms with Crippen LogP contribution < -0.4 is 5.32 Å². The van der Waals surface area contributed by atoms with Crippen molar-refractivity contribution in [3.05, 3.63) is 35.9 Å². The van der Waals surface area contributed by atoms with Crippen LogP contribution in [0.4, 0.5) is 0 Å². The molecule has 2 aliphatic rings. The average molecular weight is 300 g/mol. The Morgan fingerprint density at radius 1 is 1.18 bits per heavy atom. The summed E-state index contributed by atoms with van der Waals surface area (Å²) in [6.45, 7) is 4.90. The van der Waals surface area contributed by atoms with Crippen molar-refractivity contribution in [1.29, 1.82) is 0 Å². The number of benzene rings is 1. The third-order valence-electron chi connectivity index (χ3n) is 5.40. The molecule has 0 aromatic heterocycles. The van der Waals surface area contributed by atoms with Crippen molar-refractivity contribution >= 4 is 5.91 Å². The molecule has 0 unspecified atom stereocenters. The van der Waals surface area contributed by atoms with Gasteiger partial charge in [0.1, 0.15) is 0 Å². The molecule has 0 spiro atoms. The van der Waals surface area contributed by atoms with Crippen LogP contribution in [0, 0.1) is 5.92 Å². The van der Waals surface area contributed by atoms with Gasteiger partial charge in [-0.15, -0.1) is 0 Å². The molecule has 1 saturated carbocycles. The number of nitrogens with one attached hydrogen (secondary N) is 1. The number of hydrogen-bond donors (Lipinski definition) is 1. The summed E-state index contributed by atoms with van der Waals surface area (Å²) in [5.41, 5.74) is 1.48. The third-order valence-corrected chi connectivity index (χ3v) is 5.40. The fourth-order valence-electron chi connectivity index (χ4n) is 4.00. The van der Waals surface area contributed by atoms with Crippen LogP contribution in [0.15, 0.2) is 30.3 Å². The summed E-state index contributed by atoms with van der Waals surface area (Å²) in [7, 11) is 0. The highest BCUT2D eigenvalue weighted by Crippen LogP contribution is 2.37. The molecule has 2 fully saturated rings. The highest BCUT2D eigenvalue weighted by atomic mass is 16.2. The maximum absolute atomic E-state index is 12.5. The molecule has 1 aliphatic carbocycles. The molecule has 1 saturated heterocycles. The van der Waals surface area contributed by atoms with Crippen molar-refractivity contribution in [1.82, 2.24) is 10.2 Å². The van der Waals surface area contributed by atoms with Gasteiger partial charge in [0.15, 0.2) is 0 Å². The quantitative estimate of drug-likeness (QED) is 0.930. The van der Waals surface area contributed by atoms with Crippen molar-refractivity contribution in [2.24, 2.45) is 5.92 Å². The van der Waals surface area contributed by atoms with Crippen LogP contribution in [0.25, 0.3) is 0 Å². The van der Waals surface area contributed by atoms with E-state index in [1.807, 2.05) is 0 Å². The molecule has 1 amide bonds. The summed E-state index contributed by atoms with van der Waals surface area (Å²) >= 11 is 0. The van der Waals surface area contributed by atoms with Crippen LogP contribution in [0.1, 0.15) is 50.5 Å². The average Bonchev–Trinajstić information content (AvgIpc) is 2.57. The molecule has 1 heterocycles. The second-order valence-corrected chi connectivity index (χ2v) is 6.97. The Morgan fingerprint density at radius 2 is 1.91 bits per heavy atom. The van der Waals surface area contributed by atoms with Crippen molar-refractivity contribution in [2.75, 3.05) is 19.6 Å². The second-order valence-electron chi connectivity index (χ2n) is 6.97. The van der Waals surface area contributed by atoms with E-state index in [0.717, 1.165) is 26.1 Å². The van der Waals surface area contributed by atoms with Gasteiger partial charge in [-0.05, 0) is 50.0 Å². The van der Waals surface area contributed by atoms with E-state index in [2.05, 4.69) is 47.5 Å². The van der Waals surface area contributed by atoms with E-state index in [1.165, 1.54) is 31.2 Å². The maximum Gasteiger partial charge on any atom is 0.223 e. The number of rotatable bonds is 3. The molecule has 1 aromatic rings. The first-order valence-corrected chi connectivity index (χ1v) is 8.79. The number of amides is 1. The fourth-order valence-corrected chi connectivity index (χ4v) is 4.00. The first kappa shape index (κ1) is 15.5. The summed E-state index contributed by atoms with van der Waals surface area (Å²) in [4.78, 5) is 14.6. The Morgan fingerprint density at radius 3 is 2.59 bits per heavy atom. The van der Waals surface area contributed by atoms with Gasteiger partial charge in [0.05, 0.1) is 0 Å². The molecule has 1 N–H and O–H groups in total. The Bertz CT molecular complexity index is 479. The molecular formula is C19H28N2O. The molecular weight excluding hydrogens is 272 g/mol. The lowest BCUT2D eigenvalue weighted by atomic mass is 9.77. The highest BCUT2D eigenvalue weighted by Gasteiger charge is 2.28. The van der Waals surface area contributed by atoms with Gasteiger partial charge in [0.2, 0.25) is 5.91 Å². The Kier molecular flexibility index (Phi) is 5.14. The standard InChI is InChI=1S/C19H28N2O/c1-15-14-20-11-12-21(15)19(22)13-16-7-9-18(10-8-16)17-5-3-2-4-6-17/h2-6,15-16,18,20H,7-14H2,1H3/t15-,16?,18?/m0/s1. The largest absolute Gasteiger partial charge is 0.337 e. The van der Waals surface area contributed by atoms with Crippen molar-refractivity contribution in [2.45, 2.75) is 51.0 Å². The van der Waals surface area contributed by atoms with Gasteiger partial charge in [-0.3, -0.25) is 4.79 Å². The lowest BCUT2D eigenvalue weighted by Gasteiger charge is -2.36. The van der Waals surface area contributed by atoms with E-state index in [9.17, 15) is 4.79 Å². The molecule has 0 radical (unpaired) electrons. The monoisotopic (exact) mass is 300 g/mol. The third kappa shape index (κ3) is 3.70. The summed E-state index contributed by atoms with van der Waals surface area (Å²) in [5, 5.41) is 3.35. The zero-order chi connectivity index (χ0) is 15.4. The SMILES string of the molecule is C[C@H]1CNCCN1C(=O)CC1CCC(c2ccccc2)CC1. The molecule has 120 valence electrons. The van der Waals surface area contributed by atoms with Crippen LogP contribution in [-0.4, -0.2) is 36.5 Å². The first-order chi connectivity index (χ1) is 10.7.